The molecule has 2 aliphatic heterocycles. The third-order valence-electron chi connectivity index (χ3n) is 6.18. The number of nitrogens with one attached hydrogen (secondary N) is 2. The first-order valence-corrected chi connectivity index (χ1v) is 11.3. The number of nitrogens with zero attached hydrogens (tertiary/aromatic N) is 2. The van der Waals surface area contributed by atoms with E-state index < -0.39 is 0 Å². The van der Waals surface area contributed by atoms with Crippen LogP contribution in [0.3, 0.4) is 0 Å². The van der Waals surface area contributed by atoms with E-state index in [2.05, 4.69) is 20.4 Å². The number of carbonyl (C=O) groups is 1. The van der Waals surface area contributed by atoms with Gasteiger partial charge >= 0.3 is 0 Å². The molecule has 0 radical (unpaired) electrons. The highest BCUT2D eigenvalue weighted by molar-refractivity contribution is 5.95. The molecule has 7 nitrogen and oxygen atoms in total. The molecule has 3 heterocycles. The van der Waals surface area contributed by atoms with Crippen molar-refractivity contribution in [3.8, 4) is 22.6 Å². The second kappa shape index (κ2) is 9.44. The van der Waals surface area contributed by atoms with Crippen LogP contribution >= 0.6 is 0 Å². The van der Waals surface area contributed by atoms with E-state index in [4.69, 9.17) is 9.47 Å². The summed E-state index contributed by atoms with van der Waals surface area (Å²) in [5.41, 5.74) is 3.71. The van der Waals surface area contributed by atoms with Gasteiger partial charge in [-0.05, 0) is 61.7 Å². The Morgan fingerprint density at radius 3 is 2.91 bits per heavy atom. The summed E-state index contributed by atoms with van der Waals surface area (Å²) < 4.78 is 12.0. The zero-order valence-corrected chi connectivity index (χ0v) is 18.0. The molecule has 0 saturated carbocycles. The molecule has 0 bridgehead atoms. The zero-order valence-electron chi connectivity index (χ0n) is 18.0. The lowest BCUT2D eigenvalue weighted by Crippen LogP contribution is -2.32. The number of benzene rings is 2. The van der Waals surface area contributed by atoms with Crippen molar-refractivity contribution in [2.45, 2.75) is 19.3 Å². The molecule has 1 unspecified atom stereocenters. The molecule has 2 aromatic carbocycles. The quantitative estimate of drug-likeness (QED) is 0.595. The number of likely N-dealkylation sites (tertiary alicyclic amines) is 1. The lowest BCUT2D eigenvalue weighted by Gasteiger charge is -2.25. The maximum Gasteiger partial charge on any atom is 0.231 e. The van der Waals surface area contributed by atoms with Crippen molar-refractivity contribution in [1.29, 1.82) is 0 Å². The fourth-order valence-electron chi connectivity index (χ4n) is 4.36. The number of anilines is 1. The highest BCUT2D eigenvalue weighted by Crippen LogP contribution is 2.32. The number of carbonyl (C=O) groups excluding carboxylic acids is 1. The molecule has 7 heteroatoms. The Kier molecular flexibility index (Phi) is 6.07. The van der Waals surface area contributed by atoms with Crippen LogP contribution in [0.4, 0.5) is 5.69 Å². The van der Waals surface area contributed by atoms with Gasteiger partial charge in [0.1, 0.15) is 24.7 Å². The molecule has 1 fully saturated rings. The van der Waals surface area contributed by atoms with Gasteiger partial charge in [-0.3, -0.25) is 14.8 Å². The highest BCUT2D eigenvalue weighted by Gasteiger charge is 2.26. The van der Waals surface area contributed by atoms with Crippen LogP contribution in [0.1, 0.15) is 18.4 Å². The van der Waals surface area contributed by atoms with Crippen molar-refractivity contribution in [2.75, 3.05) is 38.2 Å². The van der Waals surface area contributed by atoms with Crippen molar-refractivity contribution >= 4 is 11.6 Å². The van der Waals surface area contributed by atoms with Gasteiger partial charge in [0, 0.05) is 18.3 Å². The number of aromatic nitrogens is 2. The first-order valence-electron chi connectivity index (χ1n) is 11.3. The SMILES string of the molecule is O=C(Nc1ccc(-c2cn[nH]c2)cc1OCCN1CCCC1)C1COc2ccccc2C1. The summed E-state index contributed by atoms with van der Waals surface area (Å²) in [7, 11) is 0. The summed E-state index contributed by atoms with van der Waals surface area (Å²) in [4.78, 5) is 15.5. The van der Waals surface area contributed by atoms with Crippen LogP contribution in [0, 0.1) is 5.92 Å². The monoisotopic (exact) mass is 432 g/mol. The van der Waals surface area contributed by atoms with Gasteiger partial charge in [0.15, 0.2) is 0 Å². The van der Waals surface area contributed by atoms with Crippen molar-refractivity contribution in [1.82, 2.24) is 15.1 Å². The fraction of sp³-hybridized carbons (Fsp3) is 0.360. The van der Waals surface area contributed by atoms with Gasteiger partial charge in [0.05, 0.1) is 17.8 Å². The summed E-state index contributed by atoms with van der Waals surface area (Å²) >= 11 is 0. The number of para-hydroxylation sites is 1. The van der Waals surface area contributed by atoms with Crippen LogP contribution in [-0.2, 0) is 11.2 Å². The molecule has 166 valence electrons. The van der Waals surface area contributed by atoms with Crippen molar-refractivity contribution in [3.05, 3.63) is 60.4 Å². The van der Waals surface area contributed by atoms with Gasteiger partial charge in [0.2, 0.25) is 5.91 Å². The van der Waals surface area contributed by atoms with Crippen LogP contribution in [0.15, 0.2) is 54.9 Å². The molecule has 2 N–H and O–H groups in total. The molecule has 1 atom stereocenters. The Morgan fingerprint density at radius 1 is 1.19 bits per heavy atom. The van der Waals surface area contributed by atoms with Crippen LogP contribution in [0.5, 0.6) is 11.5 Å². The van der Waals surface area contributed by atoms with Crippen molar-refractivity contribution in [3.63, 3.8) is 0 Å². The first kappa shape index (κ1) is 20.6. The molecule has 0 spiro atoms. The van der Waals surface area contributed by atoms with E-state index in [-0.39, 0.29) is 11.8 Å². The number of hydrogen-bond acceptors (Lipinski definition) is 5. The maximum atomic E-state index is 13.1. The lowest BCUT2D eigenvalue weighted by atomic mass is 9.96. The molecule has 1 aromatic heterocycles. The van der Waals surface area contributed by atoms with E-state index in [9.17, 15) is 4.79 Å². The van der Waals surface area contributed by atoms with Crippen LogP contribution in [0.2, 0.25) is 0 Å². The minimum absolute atomic E-state index is 0.0556. The van der Waals surface area contributed by atoms with Gasteiger partial charge in [-0.15, -0.1) is 0 Å². The molecule has 2 aliphatic rings. The number of H-pyrrole nitrogens is 1. The largest absolute Gasteiger partial charge is 0.492 e. The summed E-state index contributed by atoms with van der Waals surface area (Å²) in [6.45, 7) is 4.10. The minimum Gasteiger partial charge on any atom is -0.492 e. The van der Waals surface area contributed by atoms with Gasteiger partial charge in [0.25, 0.3) is 0 Å². The van der Waals surface area contributed by atoms with E-state index in [0.717, 1.165) is 42.1 Å². The normalized spacial score (nSPS) is 18.1. The summed E-state index contributed by atoms with van der Waals surface area (Å²) in [5, 5.41) is 9.96. The Hall–Kier alpha value is -3.32. The van der Waals surface area contributed by atoms with E-state index >= 15 is 0 Å². The fourth-order valence-corrected chi connectivity index (χ4v) is 4.36. The third-order valence-corrected chi connectivity index (χ3v) is 6.18. The van der Waals surface area contributed by atoms with Crippen molar-refractivity contribution < 1.29 is 14.3 Å². The Balaban J connectivity index is 1.30. The maximum absolute atomic E-state index is 13.1. The van der Waals surface area contributed by atoms with E-state index in [1.54, 1.807) is 6.20 Å². The summed E-state index contributed by atoms with van der Waals surface area (Å²) in [6.07, 6.45) is 6.80. The summed E-state index contributed by atoms with van der Waals surface area (Å²) in [5.74, 6) is 1.25. The Labute approximate surface area is 187 Å². The first-order chi connectivity index (χ1) is 15.8. The average Bonchev–Trinajstić information content (AvgIpc) is 3.54. The highest BCUT2D eigenvalue weighted by atomic mass is 16.5. The topological polar surface area (TPSA) is 79.5 Å². The molecular weight excluding hydrogens is 404 g/mol. The van der Waals surface area contributed by atoms with Gasteiger partial charge < -0.3 is 14.8 Å². The molecule has 32 heavy (non-hydrogen) atoms. The van der Waals surface area contributed by atoms with Gasteiger partial charge in [-0.1, -0.05) is 24.3 Å². The number of ether oxygens (including phenoxy) is 2. The van der Waals surface area contributed by atoms with Crippen LogP contribution < -0.4 is 14.8 Å². The van der Waals surface area contributed by atoms with Gasteiger partial charge in [-0.2, -0.15) is 5.10 Å². The van der Waals surface area contributed by atoms with E-state index in [1.165, 1.54) is 12.8 Å². The second-order valence-electron chi connectivity index (χ2n) is 8.40. The average molecular weight is 433 g/mol. The minimum atomic E-state index is -0.240. The van der Waals surface area contributed by atoms with Crippen LogP contribution in [0.25, 0.3) is 11.1 Å². The molecule has 1 saturated heterocycles. The third kappa shape index (κ3) is 4.62. The standard InChI is InChI=1S/C25H28N4O3/c30-25(20-13-19-5-1-2-6-23(19)32-17-20)28-22-8-7-18(21-15-26-27-16-21)14-24(22)31-12-11-29-9-3-4-10-29/h1-2,5-8,14-16,20H,3-4,9-13,17H2,(H,26,27)(H,28,30). The van der Waals surface area contributed by atoms with E-state index in [0.29, 0.717) is 31.1 Å². The lowest BCUT2D eigenvalue weighted by molar-refractivity contribution is -0.121. The number of aromatic amines is 1. The Morgan fingerprint density at radius 2 is 2.06 bits per heavy atom. The number of hydrogen-bond donors (Lipinski definition) is 2. The number of amides is 1. The molecule has 0 aliphatic carbocycles. The second-order valence-corrected chi connectivity index (χ2v) is 8.40. The van der Waals surface area contributed by atoms with E-state index in [1.807, 2.05) is 48.7 Å². The molecule has 3 aromatic rings. The Bertz CT molecular complexity index is 1060. The predicted molar refractivity (Wildman–Crippen MR) is 123 cm³/mol. The number of rotatable bonds is 7. The van der Waals surface area contributed by atoms with Gasteiger partial charge in [-0.25, -0.2) is 0 Å². The van der Waals surface area contributed by atoms with Crippen LogP contribution in [-0.4, -0.2) is 53.9 Å². The summed E-state index contributed by atoms with van der Waals surface area (Å²) in [6, 6.07) is 13.7. The molecular formula is C25H28N4O3. The predicted octanol–water partition coefficient (Wildman–Crippen LogP) is 3.74. The zero-order chi connectivity index (χ0) is 21.8. The number of fused-ring (bicyclic) bond motifs is 1. The van der Waals surface area contributed by atoms with Crippen molar-refractivity contribution in [2.24, 2.45) is 5.92 Å². The molecule has 1 amide bonds. The smallest absolute Gasteiger partial charge is 0.231 e. The molecule has 5 rings (SSSR count).